The van der Waals surface area contributed by atoms with Crippen LogP contribution in [-0.4, -0.2) is 24.9 Å². The molecule has 0 spiro atoms. The second kappa shape index (κ2) is 3.77. The number of carbonyl (C=O) groups excluding carboxylic acids is 1. The first-order valence-electron chi connectivity index (χ1n) is 4.34. The number of benzene rings is 1. The largest absolute Gasteiger partial charge is 0.356 e. The molecule has 1 aliphatic rings. The molecular formula is C10H11NO3. The topological polar surface area (TPSA) is 38.8 Å². The average Bonchev–Trinajstić information content (AvgIpc) is 2.54. The maximum absolute atomic E-state index is 11.6. The summed E-state index contributed by atoms with van der Waals surface area (Å²) in [7, 11) is 1.52. The molecule has 0 aliphatic carbocycles. The van der Waals surface area contributed by atoms with Crippen molar-refractivity contribution in [3.05, 3.63) is 35.4 Å². The van der Waals surface area contributed by atoms with Crippen molar-refractivity contribution in [2.24, 2.45) is 0 Å². The van der Waals surface area contributed by atoms with Gasteiger partial charge in [-0.2, -0.15) is 0 Å². The zero-order valence-electron chi connectivity index (χ0n) is 7.90. The van der Waals surface area contributed by atoms with E-state index >= 15 is 0 Å². The first kappa shape index (κ1) is 9.18. The van der Waals surface area contributed by atoms with Crippen LogP contribution in [0.4, 0.5) is 0 Å². The monoisotopic (exact) mass is 193 g/mol. The molecule has 4 nitrogen and oxygen atoms in total. The summed E-state index contributed by atoms with van der Waals surface area (Å²) < 4.78 is 4.73. The molecule has 1 aliphatic heterocycles. The third-order valence-corrected chi connectivity index (χ3v) is 2.11. The molecule has 0 fully saturated rings. The summed E-state index contributed by atoms with van der Waals surface area (Å²) in [6.45, 7) is 0.595. The molecule has 0 atom stereocenters. The highest BCUT2D eigenvalue weighted by atomic mass is 16.8. The predicted molar refractivity (Wildman–Crippen MR) is 49.3 cm³/mol. The fourth-order valence-corrected chi connectivity index (χ4v) is 1.45. The summed E-state index contributed by atoms with van der Waals surface area (Å²) in [5.41, 5.74) is 1.71. The van der Waals surface area contributed by atoms with Crippen LogP contribution in [0, 0.1) is 0 Å². The Labute approximate surface area is 82.0 Å². The minimum atomic E-state index is -0.0994. The van der Waals surface area contributed by atoms with E-state index in [0.29, 0.717) is 12.1 Å². The second-order valence-corrected chi connectivity index (χ2v) is 3.03. The standard InChI is InChI=1S/C10H11NO3/c1-13-7-14-11-6-8-4-2-3-5-9(8)10(11)12/h2-5H,6-7H2,1H3. The van der Waals surface area contributed by atoms with Crippen molar-refractivity contribution in [1.29, 1.82) is 0 Å². The van der Waals surface area contributed by atoms with Crippen LogP contribution in [-0.2, 0) is 16.1 Å². The number of rotatable bonds is 3. The van der Waals surface area contributed by atoms with Crippen LogP contribution in [0.5, 0.6) is 0 Å². The third-order valence-electron chi connectivity index (χ3n) is 2.11. The molecule has 0 saturated carbocycles. The molecule has 1 aromatic carbocycles. The van der Waals surface area contributed by atoms with E-state index in [1.807, 2.05) is 18.2 Å². The number of hydrogen-bond acceptors (Lipinski definition) is 3. The molecule has 4 heteroatoms. The number of amides is 1. The zero-order chi connectivity index (χ0) is 9.97. The van der Waals surface area contributed by atoms with Crippen molar-refractivity contribution < 1.29 is 14.4 Å². The minimum Gasteiger partial charge on any atom is -0.356 e. The zero-order valence-corrected chi connectivity index (χ0v) is 7.90. The molecule has 0 aromatic heterocycles. The highest BCUT2D eigenvalue weighted by Gasteiger charge is 2.27. The van der Waals surface area contributed by atoms with Crippen LogP contribution in [0.25, 0.3) is 0 Å². The first-order chi connectivity index (χ1) is 6.83. The molecule has 1 aromatic rings. The van der Waals surface area contributed by atoms with Gasteiger partial charge in [0.2, 0.25) is 0 Å². The summed E-state index contributed by atoms with van der Waals surface area (Å²) in [6.07, 6.45) is 0. The Kier molecular flexibility index (Phi) is 2.47. The second-order valence-electron chi connectivity index (χ2n) is 3.03. The number of hydrogen-bond donors (Lipinski definition) is 0. The SMILES string of the molecule is COCON1Cc2ccccc2C1=O. The van der Waals surface area contributed by atoms with E-state index in [0.717, 1.165) is 5.56 Å². The number of fused-ring (bicyclic) bond motifs is 1. The van der Waals surface area contributed by atoms with Crippen molar-refractivity contribution in [3.8, 4) is 0 Å². The van der Waals surface area contributed by atoms with Crippen molar-refractivity contribution in [1.82, 2.24) is 5.06 Å². The third kappa shape index (κ3) is 1.49. The minimum absolute atomic E-state index is 0.0970. The fourth-order valence-electron chi connectivity index (χ4n) is 1.45. The van der Waals surface area contributed by atoms with E-state index in [9.17, 15) is 4.79 Å². The van der Waals surface area contributed by atoms with Crippen molar-refractivity contribution >= 4 is 5.91 Å². The number of hydroxylamine groups is 2. The van der Waals surface area contributed by atoms with Gasteiger partial charge >= 0.3 is 0 Å². The lowest BCUT2D eigenvalue weighted by Crippen LogP contribution is -2.25. The van der Waals surface area contributed by atoms with E-state index in [1.165, 1.54) is 12.2 Å². The van der Waals surface area contributed by atoms with E-state index in [2.05, 4.69) is 0 Å². The van der Waals surface area contributed by atoms with E-state index < -0.39 is 0 Å². The lowest BCUT2D eigenvalue weighted by molar-refractivity contribution is -0.189. The summed E-state index contributed by atoms with van der Waals surface area (Å²) in [5, 5.41) is 1.31. The highest BCUT2D eigenvalue weighted by molar-refractivity contribution is 5.97. The summed E-state index contributed by atoms with van der Waals surface area (Å²) in [6, 6.07) is 7.47. The van der Waals surface area contributed by atoms with E-state index in [4.69, 9.17) is 9.57 Å². The van der Waals surface area contributed by atoms with Gasteiger partial charge in [0.1, 0.15) is 0 Å². The molecular weight excluding hydrogens is 182 g/mol. The maximum Gasteiger partial charge on any atom is 0.278 e. The summed E-state index contributed by atoms with van der Waals surface area (Å²) in [4.78, 5) is 16.8. The van der Waals surface area contributed by atoms with Gasteiger partial charge in [-0.15, -0.1) is 0 Å². The Morgan fingerprint density at radius 1 is 1.43 bits per heavy atom. The number of ether oxygens (including phenoxy) is 1. The van der Waals surface area contributed by atoms with Crippen molar-refractivity contribution in [2.45, 2.75) is 6.54 Å². The Bertz CT molecular complexity index is 351. The van der Waals surface area contributed by atoms with Gasteiger partial charge in [0.15, 0.2) is 6.79 Å². The Morgan fingerprint density at radius 3 is 2.93 bits per heavy atom. The van der Waals surface area contributed by atoms with Gasteiger partial charge in [-0.05, 0) is 11.6 Å². The van der Waals surface area contributed by atoms with Crippen molar-refractivity contribution in [3.63, 3.8) is 0 Å². The number of carbonyl (C=O) groups is 1. The van der Waals surface area contributed by atoms with Crippen LogP contribution in [0.2, 0.25) is 0 Å². The molecule has 74 valence electrons. The Balaban J connectivity index is 2.13. The van der Waals surface area contributed by atoms with Gasteiger partial charge in [-0.1, -0.05) is 18.2 Å². The molecule has 2 rings (SSSR count). The summed E-state index contributed by atoms with van der Waals surface area (Å²) >= 11 is 0. The van der Waals surface area contributed by atoms with Gasteiger partial charge in [0.05, 0.1) is 6.54 Å². The molecule has 1 amide bonds. The highest BCUT2D eigenvalue weighted by Crippen LogP contribution is 2.22. The van der Waals surface area contributed by atoms with Crippen LogP contribution < -0.4 is 0 Å². The van der Waals surface area contributed by atoms with Crippen molar-refractivity contribution in [2.75, 3.05) is 13.9 Å². The van der Waals surface area contributed by atoms with Gasteiger partial charge in [-0.25, -0.2) is 9.90 Å². The molecule has 0 N–H and O–H groups in total. The summed E-state index contributed by atoms with van der Waals surface area (Å²) in [5.74, 6) is -0.0994. The molecule has 0 radical (unpaired) electrons. The quantitative estimate of drug-likeness (QED) is 0.676. The molecule has 0 bridgehead atoms. The van der Waals surface area contributed by atoms with E-state index in [-0.39, 0.29) is 12.7 Å². The van der Waals surface area contributed by atoms with E-state index in [1.54, 1.807) is 6.07 Å². The number of methoxy groups -OCH3 is 1. The van der Waals surface area contributed by atoms with Gasteiger partial charge < -0.3 is 4.74 Å². The lowest BCUT2D eigenvalue weighted by Gasteiger charge is -2.13. The molecule has 0 saturated heterocycles. The lowest BCUT2D eigenvalue weighted by atomic mass is 10.1. The van der Waals surface area contributed by atoms with Crippen LogP contribution >= 0.6 is 0 Å². The van der Waals surface area contributed by atoms with Crippen LogP contribution in [0.15, 0.2) is 24.3 Å². The Morgan fingerprint density at radius 2 is 2.21 bits per heavy atom. The van der Waals surface area contributed by atoms with Crippen LogP contribution in [0.1, 0.15) is 15.9 Å². The fraction of sp³-hybridized carbons (Fsp3) is 0.300. The first-order valence-corrected chi connectivity index (χ1v) is 4.34. The van der Waals surface area contributed by atoms with Crippen LogP contribution in [0.3, 0.4) is 0 Å². The average molecular weight is 193 g/mol. The van der Waals surface area contributed by atoms with Gasteiger partial charge in [0, 0.05) is 12.7 Å². The molecule has 14 heavy (non-hydrogen) atoms. The smallest absolute Gasteiger partial charge is 0.278 e. The normalized spacial score (nSPS) is 14.6. The van der Waals surface area contributed by atoms with Gasteiger partial charge in [-0.3, -0.25) is 4.79 Å². The Hall–Kier alpha value is -1.39. The molecule has 0 unspecified atom stereocenters. The maximum atomic E-state index is 11.6. The molecule has 1 heterocycles. The number of nitrogens with zero attached hydrogens (tertiary/aromatic N) is 1. The predicted octanol–water partition coefficient (Wildman–Crippen LogP) is 1.18. The van der Waals surface area contributed by atoms with Gasteiger partial charge in [0.25, 0.3) is 5.91 Å².